The molecule has 0 bridgehead atoms. The van der Waals surface area contributed by atoms with Crippen molar-refractivity contribution in [3.05, 3.63) is 56.0 Å². The molecule has 1 N–H and O–H groups in total. The van der Waals surface area contributed by atoms with Crippen LogP contribution < -0.4 is 14.9 Å². The van der Waals surface area contributed by atoms with Gasteiger partial charge in [0.1, 0.15) is 0 Å². The van der Waals surface area contributed by atoms with Crippen molar-refractivity contribution in [2.75, 3.05) is 14.2 Å². The highest BCUT2D eigenvalue weighted by Crippen LogP contribution is 2.32. The Bertz CT molecular complexity index is 797. The topological polar surface area (TPSA) is 59.9 Å². The molecule has 0 atom stereocenters. The number of halogens is 3. The minimum Gasteiger partial charge on any atom is -0.493 e. The maximum Gasteiger partial charge on any atom is 0.271 e. The third-order valence-corrected chi connectivity index (χ3v) is 4.48. The lowest BCUT2D eigenvalue weighted by molar-refractivity contribution is 0.0955. The summed E-state index contributed by atoms with van der Waals surface area (Å²) in [5.74, 6) is 0.737. The molecule has 126 valence electrons. The molecule has 0 aliphatic carbocycles. The average molecular weight is 432 g/mol. The van der Waals surface area contributed by atoms with Crippen molar-refractivity contribution in [3.8, 4) is 11.5 Å². The maximum atomic E-state index is 12.0. The molecule has 2 aromatic rings. The van der Waals surface area contributed by atoms with Gasteiger partial charge < -0.3 is 9.47 Å². The first-order valence-electron chi connectivity index (χ1n) is 6.66. The SMILES string of the molecule is COc1cc(Br)c(C=NNC(=O)c2ccc(Cl)c(Cl)c2)cc1OC. The van der Waals surface area contributed by atoms with Crippen LogP contribution in [0.4, 0.5) is 0 Å². The van der Waals surface area contributed by atoms with Gasteiger partial charge in [-0.1, -0.05) is 23.2 Å². The molecule has 0 spiro atoms. The standard InChI is InChI=1S/C16H13BrCl2N2O3/c1-23-14-6-10(11(17)7-15(14)24-2)8-20-21-16(22)9-3-4-12(18)13(19)5-9/h3-8H,1-2H3,(H,21,22). The van der Waals surface area contributed by atoms with Crippen molar-refractivity contribution in [1.29, 1.82) is 0 Å². The first kappa shape index (κ1) is 18.6. The zero-order chi connectivity index (χ0) is 17.7. The number of ether oxygens (including phenoxy) is 2. The van der Waals surface area contributed by atoms with Gasteiger partial charge in [-0.15, -0.1) is 0 Å². The van der Waals surface area contributed by atoms with E-state index in [0.29, 0.717) is 32.7 Å². The van der Waals surface area contributed by atoms with Gasteiger partial charge in [-0.3, -0.25) is 4.79 Å². The van der Waals surface area contributed by atoms with Crippen LogP contribution in [0.25, 0.3) is 0 Å². The molecule has 0 unspecified atom stereocenters. The van der Waals surface area contributed by atoms with E-state index in [0.717, 1.165) is 4.47 Å². The van der Waals surface area contributed by atoms with E-state index >= 15 is 0 Å². The fourth-order valence-corrected chi connectivity index (χ4v) is 2.55. The summed E-state index contributed by atoms with van der Waals surface area (Å²) in [5, 5.41) is 4.62. The molecule has 0 fully saturated rings. The Kier molecular flexibility index (Phi) is 6.48. The van der Waals surface area contributed by atoms with Crippen LogP contribution >= 0.6 is 39.1 Å². The Morgan fingerprint density at radius 3 is 2.42 bits per heavy atom. The molecule has 0 saturated carbocycles. The van der Waals surface area contributed by atoms with E-state index in [1.165, 1.54) is 12.3 Å². The number of rotatable bonds is 5. The summed E-state index contributed by atoms with van der Waals surface area (Å²) >= 11 is 15.1. The number of carbonyl (C=O) groups is 1. The summed E-state index contributed by atoms with van der Waals surface area (Å²) in [6.45, 7) is 0. The number of methoxy groups -OCH3 is 2. The second-order valence-corrected chi connectivity index (χ2v) is 6.23. The van der Waals surface area contributed by atoms with Gasteiger partial charge in [-0.2, -0.15) is 5.10 Å². The second kappa shape index (κ2) is 8.37. The Balaban J connectivity index is 2.13. The van der Waals surface area contributed by atoms with Gasteiger partial charge >= 0.3 is 0 Å². The highest BCUT2D eigenvalue weighted by Gasteiger charge is 2.09. The van der Waals surface area contributed by atoms with Gasteiger partial charge in [-0.25, -0.2) is 5.43 Å². The van der Waals surface area contributed by atoms with Crippen LogP contribution in [0.2, 0.25) is 10.0 Å². The lowest BCUT2D eigenvalue weighted by atomic mass is 10.2. The molecule has 0 heterocycles. The zero-order valence-electron chi connectivity index (χ0n) is 12.8. The normalized spacial score (nSPS) is 10.7. The van der Waals surface area contributed by atoms with Crippen LogP contribution in [-0.2, 0) is 0 Å². The van der Waals surface area contributed by atoms with Gasteiger partial charge in [0.05, 0.1) is 30.5 Å². The third kappa shape index (κ3) is 4.41. The van der Waals surface area contributed by atoms with Crippen LogP contribution in [0.3, 0.4) is 0 Å². The van der Waals surface area contributed by atoms with Gasteiger partial charge in [-0.05, 0) is 46.3 Å². The van der Waals surface area contributed by atoms with Crippen molar-refractivity contribution in [2.45, 2.75) is 0 Å². The van der Waals surface area contributed by atoms with E-state index in [-0.39, 0.29) is 0 Å². The minimum absolute atomic E-state index is 0.302. The first-order chi connectivity index (χ1) is 11.5. The fourth-order valence-electron chi connectivity index (χ4n) is 1.83. The van der Waals surface area contributed by atoms with E-state index in [9.17, 15) is 4.79 Å². The lowest BCUT2D eigenvalue weighted by Crippen LogP contribution is -2.17. The molecule has 8 heteroatoms. The molecule has 0 saturated heterocycles. The number of amides is 1. The van der Waals surface area contributed by atoms with E-state index in [4.69, 9.17) is 32.7 Å². The summed E-state index contributed by atoms with van der Waals surface area (Å²) in [4.78, 5) is 12.0. The number of hydrazone groups is 1. The Morgan fingerprint density at radius 2 is 1.79 bits per heavy atom. The molecule has 5 nitrogen and oxygen atoms in total. The van der Waals surface area contributed by atoms with Crippen molar-refractivity contribution in [1.82, 2.24) is 5.43 Å². The van der Waals surface area contributed by atoms with Gasteiger partial charge in [0, 0.05) is 15.6 Å². The quantitative estimate of drug-likeness (QED) is 0.558. The van der Waals surface area contributed by atoms with Crippen LogP contribution in [-0.4, -0.2) is 26.3 Å². The summed E-state index contributed by atoms with van der Waals surface area (Å²) in [5.41, 5.74) is 3.49. The van der Waals surface area contributed by atoms with Crippen LogP contribution in [0, 0.1) is 0 Å². The van der Waals surface area contributed by atoms with Crippen molar-refractivity contribution >= 4 is 51.3 Å². The number of nitrogens with one attached hydrogen (secondary N) is 1. The van der Waals surface area contributed by atoms with Gasteiger partial charge in [0.15, 0.2) is 11.5 Å². The second-order valence-electron chi connectivity index (χ2n) is 4.56. The third-order valence-electron chi connectivity index (χ3n) is 3.05. The predicted octanol–water partition coefficient (Wildman–Crippen LogP) is 4.54. The highest BCUT2D eigenvalue weighted by atomic mass is 79.9. The Labute approximate surface area is 157 Å². The van der Waals surface area contributed by atoms with Gasteiger partial charge in [0.2, 0.25) is 0 Å². The van der Waals surface area contributed by atoms with E-state index in [1.807, 2.05) is 0 Å². The van der Waals surface area contributed by atoms with Gasteiger partial charge in [0.25, 0.3) is 5.91 Å². The number of hydrogen-bond donors (Lipinski definition) is 1. The number of benzene rings is 2. The monoisotopic (exact) mass is 430 g/mol. The predicted molar refractivity (Wildman–Crippen MR) is 98.8 cm³/mol. The number of hydrogen-bond acceptors (Lipinski definition) is 4. The summed E-state index contributed by atoms with van der Waals surface area (Å²) in [6.07, 6.45) is 1.49. The molecule has 2 aromatic carbocycles. The van der Waals surface area contributed by atoms with Crippen LogP contribution in [0.5, 0.6) is 11.5 Å². The molecule has 2 rings (SSSR count). The van der Waals surface area contributed by atoms with Crippen LogP contribution in [0.1, 0.15) is 15.9 Å². The first-order valence-corrected chi connectivity index (χ1v) is 8.21. The molecular formula is C16H13BrCl2N2O3. The molecule has 24 heavy (non-hydrogen) atoms. The Morgan fingerprint density at radius 1 is 1.12 bits per heavy atom. The summed E-state index contributed by atoms with van der Waals surface area (Å²) < 4.78 is 11.2. The number of nitrogens with zero attached hydrogens (tertiary/aromatic N) is 1. The lowest BCUT2D eigenvalue weighted by Gasteiger charge is -2.09. The fraction of sp³-hybridized carbons (Fsp3) is 0.125. The smallest absolute Gasteiger partial charge is 0.271 e. The molecule has 1 amide bonds. The summed E-state index contributed by atoms with van der Waals surface area (Å²) in [7, 11) is 3.09. The zero-order valence-corrected chi connectivity index (χ0v) is 15.9. The van der Waals surface area contributed by atoms with Crippen molar-refractivity contribution in [3.63, 3.8) is 0 Å². The molecule has 0 aliphatic rings. The molecule has 0 radical (unpaired) electrons. The molecular weight excluding hydrogens is 419 g/mol. The van der Waals surface area contributed by atoms with E-state index < -0.39 is 5.91 Å². The van der Waals surface area contributed by atoms with E-state index in [2.05, 4.69) is 26.5 Å². The summed E-state index contributed by atoms with van der Waals surface area (Å²) in [6, 6.07) is 8.07. The largest absolute Gasteiger partial charge is 0.493 e. The highest BCUT2D eigenvalue weighted by molar-refractivity contribution is 9.10. The average Bonchev–Trinajstić information content (AvgIpc) is 2.58. The van der Waals surface area contributed by atoms with Crippen molar-refractivity contribution in [2.24, 2.45) is 5.10 Å². The number of carbonyl (C=O) groups excluding carboxylic acids is 1. The Hall–Kier alpha value is -1.76. The maximum absolute atomic E-state index is 12.0. The molecule has 0 aromatic heterocycles. The minimum atomic E-state index is -0.401. The molecule has 0 aliphatic heterocycles. The van der Waals surface area contributed by atoms with E-state index in [1.54, 1.807) is 38.5 Å². The van der Waals surface area contributed by atoms with Crippen LogP contribution in [0.15, 0.2) is 39.9 Å². The van der Waals surface area contributed by atoms with Crippen molar-refractivity contribution < 1.29 is 14.3 Å².